The van der Waals surface area contributed by atoms with Crippen LogP contribution < -0.4 is 5.32 Å². The molecule has 2 aromatic carbocycles. The zero-order valence-corrected chi connectivity index (χ0v) is 18.3. The highest BCUT2D eigenvalue weighted by Gasteiger charge is 2.28. The van der Waals surface area contributed by atoms with Crippen LogP contribution >= 0.6 is 11.6 Å². The molecule has 1 amide bonds. The Morgan fingerprint density at radius 2 is 1.76 bits per heavy atom. The van der Waals surface area contributed by atoms with Gasteiger partial charge in [-0.15, -0.1) is 0 Å². The van der Waals surface area contributed by atoms with Gasteiger partial charge in [0.05, 0.1) is 28.7 Å². The third kappa shape index (κ3) is 4.80. The first-order chi connectivity index (χ1) is 13.6. The highest BCUT2D eigenvalue weighted by atomic mass is 35.5. The minimum atomic E-state index is -3.72. The molecule has 1 heterocycles. The van der Waals surface area contributed by atoms with Crippen LogP contribution in [0.4, 0.5) is 5.69 Å². The number of para-hydroxylation sites is 1. The lowest BCUT2D eigenvalue weighted by molar-refractivity contribution is 0.0730. The van der Waals surface area contributed by atoms with Crippen LogP contribution in [0.2, 0.25) is 5.02 Å². The van der Waals surface area contributed by atoms with Crippen LogP contribution in [-0.4, -0.2) is 44.9 Å². The number of hydrogen-bond acceptors (Lipinski definition) is 4. The van der Waals surface area contributed by atoms with Crippen LogP contribution in [0.15, 0.2) is 47.4 Å². The van der Waals surface area contributed by atoms with Gasteiger partial charge in [-0.1, -0.05) is 50.6 Å². The molecule has 6 nitrogen and oxygen atoms in total. The van der Waals surface area contributed by atoms with Gasteiger partial charge in [0.1, 0.15) is 0 Å². The van der Waals surface area contributed by atoms with E-state index in [9.17, 15) is 13.2 Å². The minimum Gasteiger partial charge on any atom is -0.379 e. The van der Waals surface area contributed by atoms with Crippen molar-refractivity contribution >= 4 is 33.2 Å². The van der Waals surface area contributed by atoms with Crippen molar-refractivity contribution in [2.45, 2.75) is 31.1 Å². The standard InChI is InChI=1S/C21H25ClN2O4S/c1-21(2,3)17-6-4-5-7-19(17)23-20(25)16-14-15(8-9-18(16)22)29(26,27)24-10-12-28-13-11-24/h4-9,14H,10-13H2,1-3H3,(H,23,25). The molecule has 8 heteroatoms. The largest absolute Gasteiger partial charge is 0.379 e. The van der Waals surface area contributed by atoms with Crippen molar-refractivity contribution in [3.8, 4) is 0 Å². The van der Waals surface area contributed by atoms with Crippen molar-refractivity contribution in [3.63, 3.8) is 0 Å². The van der Waals surface area contributed by atoms with Gasteiger partial charge in [0, 0.05) is 18.8 Å². The molecule has 1 aliphatic heterocycles. The summed E-state index contributed by atoms with van der Waals surface area (Å²) >= 11 is 6.23. The van der Waals surface area contributed by atoms with Crippen molar-refractivity contribution in [2.75, 3.05) is 31.6 Å². The van der Waals surface area contributed by atoms with Gasteiger partial charge in [-0.05, 0) is 35.2 Å². The third-order valence-electron chi connectivity index (χ3n) is 4.77. The Morgan fingerprint density at radius 1 is 1.10 bits per heavy atom. The topological polar surface area (TPSA) is 75.7 Å². The predicted octanol–water partition coefficient (Wildman–Crippen LogP) is 3.91. The first-order valence-corrected chi connectivity index (χ1v) is 11.2. The Hall–Kier alpha value is -1.93. The van der Waals surface area contributed by atoms with Crippen molar-refractivity contribution in [3.05, 3.63) is 58.6 Å². The predicted molar refractivity (Wildman–Crippen MR) is 114 cm³/mol. The fraction of sp³-hybridized carbons (Fsp3) is 0.381. The number of rotatable bonds is 4. The second kappa shape index (κ2) is 8.44. The molecule has 0 saturated carbocycles. The van der Waals surface area contributed by atoms with E-state index in [0.717, 1.165) is 5.56 Å². The minimum absolute atomic E-state index is 0.0399. The van der Waals surface area contributed by atoms with Gasteiger partial charge in [-0.3, -0.25) is 4.79 Å². The monoisotopic (exact) mass is 436 g/mol. The van der Waals surface area contributed by atoms with E-state index in [-0.39, 0.29) is 34.0 Å². The molecule has 0 atom stereocenters. The molecule has 2 aromatic rings. The van der Waals surface area contributed by atoms with Crippen molar-refractivity contribution < 1.29 is 17.9 Å². The molecule has 29 heavy (non-hydrogen) atoms. The molecule has 0 bridgehead atoms. The van der Waals surface area contributed by atoms with E-state index in [1.54, 1.807) is 0 Å². The van der Waals surface area contributed by atoms with Crippen LogP contribution in [0.3, 0.4) is 0 Å². The Labute approximate surface area is 176 Å². The summed E-state index contributed by atoms with van der Waals surface area (Å²) in [4.78, 5) is 13.0. The first-order valence-electron chi connectivity index (χ1n) is 9.39. The number of sulfonamides is 1. The van der Waals surface area contributed by atoms with Gasteiger partial charge in [-0.2, -0.15) is 4.31 Å². The Kier molecular flexibility index (Phi) is 6.33. The Bertz CT molecular complexity index is 1010. The van der Waals surface area contributed by atoms with Crippen LogP contribution in [0.25, 0.3) is 0 Å². The molecule has 1 aliphatic rings. The number of carbonyl (C=O) groups is 1. The van der Waals surface area contributed by atoms with E-state index < -0.39 is 15.9 Å². The number of nitrogens with one attached hydrogen (secondary N) is 1. The van der Waals surface area contributed by atoms with E-state index in [1.165, 1.54) is 22.5 Å². The van der Waals surface area contributed by atoms with Crippen LogP contribution in [-0.2, 0) is 20.2 Å². The van der Waals surface area contributed by atoms with Crippen LogP contribution in [0.5, 0.6) is 0 Å². The van der Waals surface area contributed by atoms with Gasteiger partial charge in [-0.25, -0.2) is 8.42 Å². The number of benzene rings is 2. The number of hydrogen-bond donors (Lipinski definition) is 1. The summed E-state index contributed by atoms with van der Waals surface area (Å²) in [5, 5.41) is 3.07. The van der Waals surface area contributed by atoms with E-state index in [1.807, 2.05) is 24.3 Å². The highest BCUT2D eigenvalue weighted by Crippen LogP contribution is 2.30. The van der Waals surface area contributed by atoms with Crippen LogP contribution in [0.1, 0.15) is 36.7 Å². The number of carbonyl (C=O) groups excluding carboxylic acids is 1. The SMILES string of the molecule is CC(C)(C)c1ccccc1NC(=O)c1cc(S(=O)(=O)N2CCOCC2)ccc1Cl. The summed E-state index contributed by atoms with van der Waals surface area (Å²) in [6.07, 6.45) is 0. The Balaban J connectivity index is 1.92. The molecular weight excluding hydrogens is 412 g/mol. The number of morpholine rings is 1. The summed E-state index contributed by atoms with van der Waals surface area (Å²) in [5.74, 6) is -0.453. The number of halogens is 1. The number of amides is 1. The van der Waals surface area contributed by atoms with E-state index in [0.29, 0.717) is 18.9 Å². The van der Waals surface area contributed by atoms with Crippen molar-refractivity contribution in [1.29, 1.82) is 0 Å². The quantitative estimate of drug-likeness (QED) is 0.788. The molecule has 0 unspecified atom stereocenters. The fourth-order valence-electron chi connectivity index (χ4n) is 3.21. The highest BCUT2D eigenvalue weighted by molar-refractivity contribution is 7.89. The fourth-order valence-corrected chi connectivity index (χ4v) is 4.85. The molecule has 0 aromatic heterocycles. The average molecular weight is 437 g/mol. The van der Waals surface area contributed by atoms with Gasteiger partial charge < -0.3 is 10.1 Å². The molecule has 1 fully saturated rings. The Morgan fingerprint density at radius 3 is 2.41 bits per heavy atom. The normalized spacial score (nSPS) is 15.9. The summed E-state index contributed by atoms with van der Waals surface area (Å²) in [7, 11) is -3.72. The maximum Gasteiger partial charge on any atom is 0.257 e. The molecule has 0 radical (unpaired) electrons. The maximum absolute atomic E-state index is 12.9. The lowest BCUT2D eigenvalue weighted by atomic mass is 9.86. The van der Waals surface area contributed by atoms with Crippen molar-refractivity contribution in [1.82, 2.24) is 4.31 Å². The molecule has 156 valence electrons. The van der Waals surface area contributed by atoms with Gasteiger partial charge in [0.15, 0.2) is 0 Å². The average Bonchev–Trinajstić information content (AvgIpc) is 2.68. The molecule has 0 spiro atoms. The van der Waals surface area contributed by atoms with E-state index >= 15 is 0 Å². The molecule has 0 aliphatic carbocycles. The summed E-state index contributed by atoms with van der Waals surface area (Å²) in [6.45, 7) is 7.44. The molecule has 1 saturated heterocycles. The zero-order chi connectivity index (χ0) is 21.2. The second-order valence-electron chi connectivity index (χ2n) is 7.91. The van der Waals surface area contributed by atoms with Crippen molar-refractivity contribution in [2.24, 2.45) is 0 Å². The van der Waals surface area contributed by atoms with E-state index in [4.69, 9.17) is 16.3 Å². The van der Waals surface area contributed by atoms with Gasteiger partial charge >= 0.3 is 0 Å². The lowest BCUT2D eigenvalue weighted by Gasteiger charge is -2.26. The molecular formula is C21H25ClN2O4S. The number of nitrogens with zero attached hydrogens (tertiary/aromatic N) is 1. The number of anilines is 1. The molecule has 1 N–H and O–H groups in total. The van der Waals surface area contributed by atoms with Crippen LogP contribution in [0, 0.1) is 0 Å². The van der Waals surface area contributed by atoms with Gasteiger partial charge in [0.25, 0.3) is 5.91 Å². The summed E-state index contributed by atoms with van der Waals surface area (Å²) < 4.78 is 32.4. The summed E-state index contributed by atoms with van der Waals surface area (Å²) in [6, 6.07) is 11.7. The maximum atomic E-state index is 12.9. The zero-order valence-electron chi connectivity index (χ0n) is 16.7. The third-order valence-corrected chi connectivity index (χ3v) is 7.00. The van der Waals surface area contributed by atoms with E-state index in [2.05, 4.69) is 26.1 Å². The molecule has 3 rings (SSSR count). The smallest absolute Gasteiger partial charge is 0.257 e. The lowest BCUT2D eigenvalue weighted by Crippen LogP contribution is -2.40. The van der Waals surface area contributed by atoms with Gasteiger partial charge in [0.2, 0.25) is 10.0 Å². The summed E-state index contributed by atoms with van der Waals surface area (Å²) in [5.41, 5.74) is 1.59. The first kappa shape index (κ1) is 21.8. The number of ether oxygens (including phenoxy) is 1. The second-order valence-corrected chi connectivity index (χ2v) is 10.3.